The van der Waals surface area contributed by atoms with E-state index in [1.165, 1.54) is 0 Å². The van der Waals surface area contributed by atoms with Crippen LogP contribution in [0.3, 0.4) is 0 Å². The van der Waals surface area contributed by atoms with Gasteiger partial charge in [0, 0.05) is 30.9 Å². The number of Topliss-reactive ketones (excluding diaryl/α,β-unsaturated/α-hetero) is 1. The molecule has 1 aromatic rings. The van der Waals surface area contributed by atoms with E-state index < -0.39 is 0 Å². The maximum atomic E-state index is 12.2. The van der Waals surface area contributed by atoms with Crippen LogP contribution < -0.4 is 10.1 Å². The molecule has 0 saturated heterocycles. The second-order valence-corrected chi connectivity index (χ2v) is 5.76. The highest BCUT2D eigenvalue weighted by molar-refractivity contribution is 5.94. The highest BCUT2D eigenvalue weighted by Gasteiger charge is 2.25. The van der Waals surface area contributed by atoms with Crippen LogP contribution >= 0.6 is 0 Å². The lowest BCUT2D eigenvalue weighted by molar-refractivity contribution is -0.125. The summed E-state index contributed by atoms with van der Waals surface area (Å²) in [4.78, 5) is 23.4. The van der Waals surface area contributed by atoms with Gasteiger partial charge in [0.25, 0.3) is 0 Å². The van der Waals surface area contributed by atoms with Crippen molar-refractivity contribution in [2.75, 3.05) is 5.32 Å². The largest absolute Gasteiger partial charge is 0.490 e. The summed E-state index contributed by atoms with van der Waals surface area (Å²) in [5.74, 6) is 1.19. The molecule has 2 aliphatic rings. The molecular weight excluding hydrogens is 254 g/mol. The Hall–Kier alpha value is -1.84. The molecule has 1 unspecified atom stereocenters. The molecule has 1 amide bonds. The SMILES string of the molecule is CC1Cc2cc(NC(=O)C3CCC(=O)CC3)ccc2O1. The number of hydrogen-bond acceptors (Lipinski definition) is 3. The number of carbonyl (C=O) groups excluding carboxylic acids is 2. The van der Waals surface area contributed by atoms with Gasteiger partial charge in [-0.2, -0.15) is 0 Å². The number of hydrogen-bond donors (Lipinski definition) is 1. The lowest BCUT2D eigenvalue weighted by Crippen LogP contribution is -2.27. The minimum absolute atomic E-state index is 0.0314. The van der Waals surface area contributed by atoms with Crippen molar-refractivity contribution in [2.45, 2.75) is 45.1 Å². The number of fused-ring (bicyclic) bond motifs is 1. The zero-order valence-corrected chi connectivity index (χ0v) is 11.6. The van der Waals surface area contributed by atoms with Crippen molar-refractivity contribution >= 4 is 17.4 Å². The highest BCUT2D eigenvalue weighted by atomic mass is 16.5. The number of anilines is 1. The van der Waals surface area contributed by atoms with E-state index in [0.29, 0.717) is 25.7 Å². The molecule has 106 valence electrons. The average Bonchev–Trinajstić information content (AvgIpc) is 2.78. The van der Waals surface area contributed by atoms with E-state index in [2.05, 4.69) is 5.32 Å². The van der Waals surface area contributed by atoms with Gasteiger partial charge in [-0.15, -0.1) is 0 Å². The van der Waals surface area contributed by atoms with Crippen molar-refractivity contribution in [1.82, 2.24) is 0 Å². The molecule has 0 spiro atoms. The first-order valence-electron chi connectivity index (χ1n) is 7.24. The maximum Gasteiger partial charge on any atom is 0.227 e. The Labute approximate surface area is 118 Å². The fourth-order valence-corrected chi connectivity index (χ4v) is 2.95. The molecule has 1 atom stereocenters. The van der Waals surface area contributed by atoms with E-state index >= 15 is 0 Å². The Bertz CT molecular complexity index is 543. The van der Waals surface area contributed by atoms with Gasteiger partial charge < -0.3 is 10.1 Å². The summed E-state index contributed by atoms with van der Waals surface area (Å²) in [7, 11) is 0. The number of rotatable bonds is 2. The van der Waals surface area contributed by atoms with Gasteiger partial charge in [0.1, 0.15) is 17.6 Å². The van der Waals surface area contributed by atoms with E-state index in [4.69, 9.17) is 4.74 Å². The van der Waals surface area contributed by atoms with Gasteiger partial charge in [0.15, 0.2) is 0 Å². The van der Waals surface area contributed by atoms with Crippen LogP contribution in [0.15, 0.2) is 18.2 Å². The van der Waals surface area contributed by atoms with Crippen molar-refractivity contribution in [3.63, 3.8) is 0 Å². The Morgan fingerprint density at radius 3 is 2.80 bits per heavy atom. The zero-order valence-electron chi connectivity index (χ0n) is 11.6. The van der Waals surface area contributed by atoms with Crippen LogP contribution in [0.4, 0.5) is 5.69 Å². The first kappa shape index (κ1) is 13.2. The van der Waals surface area contributed by atoms with Gasteiger partial charge in [-0.25, -0.2) is 0 Å². The number of carbonyl (C=O) groups is 2. The molecule has 1 heterocycles. The predicted octanol–water partition coefficient (Wildman–Crippen LogP) is 2.71. The van der Waals surface area contributed by atoms with E-state index in [0.717, 1.165) is 23.4 Å². The number of amides is 1. The fourth-order valence-electron chi connectivity index (χ4n) is 2.95. The number of ether oxygens (including phenoxy) is 1. The molecule has 1 aromatic carbocycles. The summed E-state index contributed by atoms with van der Waals surface area (Å²) in [5.41, 5.74) is 1.97. The molecule has 0 bridgehead atoms. The molecule has 0 radical (unpaired) electrons. The number of benzene rings is 1. The molecule has 1 aliphatic heterocycles. The molecule has 1 N–H and O–H groups in total. The van der Waals surface area contributed by atoms with Crippen LogP contribution in [0.1, 0.15) is 38.2 Å². The third kappa shape index (κ3) is 2.69. The van der Waals surface area contributed by atoms with Gasteiger partial charge in [-0.3, -0.25) is 9.59 Å². The minimum atomic E-state index is -0.0314. The molecule has 4 heteroatoms. The third-order valence-corrected chi connectivity index (χ3v) is 4.08. The van der Waals surface area contributed by atoms with Crippen molar-refractivity contribution in [2.24, 2.45) is 5.92 Å². The summed E-state index contributed by atoms with van der Waals surface area (Å²) in [6.45, 7) is 2.04. The van der Waals surface area contributed by atoms with Crippen LogP contribution in [0.25, 0.3) is 0 Å². The van der Waals surface area contributed by atoms with E-state index in [-0.39, 0.29) is 23.7 Å². The first-order chi connectivity index (χ1) is 9.61. The molecule has 1 fully saturated rings. The monoisotopic (exact) mass is 273 g/mol. The molecule has 1 aliphatic carbocycles. The smallest absolute Gasteiger partial charge is 0.227 e. The lowest BCUT2D eigenvalue weighted by atomic mass is 9.88. The standard InChI is InChI=1S/C16H19NO3/c1-10-8-12-9-13(4-7-15(12)20-10)17-16(19)11-2-5-14(18)6-3-11/h4,7,9-11H,2-3,5-6,8H2,1H3,(H,17,19). The fraction of sp³-hybridized carbons (Fsp3) is 0.500. The molecule has 3 rings (SSSR count). The van der Waals surface area contributed by atoms with Gasteiger partial charge >= 0.3 is 0 Å². The summed E-state index contributed by atoms with van der Waals surface area (Å²) in [6.07, 6.45) is 3.52. The van der Waals surface area contributed by atoms with Crippen LogP contribution in [0, 0.1) is 5.92 Å². The Morgan fingerprint density at radius 1 is 1.30 bits per heavy atom. The van der Waals surface area contributed by atoms with Crippen LogP contribution in [0.2, 0.25) is 0 Å². The van der Waals surface area contributed by atoms with Gasteiger partial charge in [-0.05, 0) is 43.5 Å². The minimum Gasteiger partial charge on any atom is -0.490 e. The Balaban J connectivity index is 1.65. The van der Waals surface area contributed by atoms with Crippen molar-refractivity contribution in [3.8, 4) is 5.75 Å². The third-order valence-electron chi connectivity index (χ3n) is 4.08. The summed E-state index contributed by atoms with van der Waals surface area (Å²) in [5, 5.41) is 2.97. The molecule has 1 saturated carbocycles. The maximum absolute atomic E-state index is 12.2. The topological polar surface area (TPSA) is 55.4 Å². The van der Waals surface area contributed by atoms with Crippen molar-refractivity contribution in [3.05, 3.63) is 23.8 Å². The van der Waals surface area contributed by atoms with E-state index in [9.17, 15) is 9.59 Å². The second kappa shape index (κ2) is 5.27. The summed E-state index contributed by atoms with van der Waals surface area (Å²) in [6, 6.07) is 5.78. The van der Waals surface area contributed by atoms with Crippen molar-refractivity contribution in [1.29, 1.82) is 0 Å². The van der Waals surface area contributed by atoms with E-state index in [1.807, 2.05) is 25.1 Å². The number of ketones is 1. The Kier molecular flexibility index (Phi) is 3.47. The first-order valence-corrected chi connectivity index (χ1v) is 7.24. The van der Waals surface area contributed by atoms with Crippen molar-refractivity contribution < 1.29 is 14.3 Å². The van der Waals surface area contributed by atoms with Crippen LogP contribution in [-0.2, 0) is 16.0 Å². The van der Waals surface area contributed by atoms with Crippen LogP contribution in [-0.4, -0.2) is 17.8 Å². The zero-order chi connectivity index (χ0) is 14.1. The van der Waals surface area contributed by atoms with E-state index in [1.54, 1.807) is 0 Å². The quantitative estimate of drug-likeness (QED) is 0.901. The summed E-state index contributed by atoms with van der Waals surface area (Å²) < 4.78 is 5.64. The van der Waals surface area contributed by atoms with Crippen LogP contribution in [0.5, 0.6) is 5.75 Å². The predicted molar refractivity (Wildman–Crippen MR) is 75.8 cm³/mol. The lowest BCUT2D eigenvalue weighted by Gasteiger charge is -2.20. The molecule has 20 heavy (non-hydrogen) atoms. The Morgan fingerprint density at radius 2 is 2.05 bits per heavy atom. The highest BCUT2D eigenvalue weighted by Crippen LogP contribution is 2.31. The average molecular weight is 273 g/mol. The van der Waals surface area contributed by atoms with Gasteiger partial charge in [0.2, 0.25) is 5.91 Å². The molecule has 0 aromatic heterocycles. The normalized spacial score (nSPS) is 22.2. The van der Waals surface area contributed by atoms with Gasteiger partial charge in [0.05, 0.1) is 0 Å². The molecular formula is C16H19NO3. The molecule has 4 nitrogen and oxygen atoms in total. The van der Waals surface area contributed by atoms with Gasteiger partial charge in [-0.1, -0.05) is 0 Å². The second-order valence-electron chi connectivity index (χ2n) is 5.76. The number of nitrogens with one attached hydrogen (secondary N) is 1. The summed E-state index contributed by atoms with van der Waals surface area (Å²) >= 11 is 0.